The summed E-state index contributed by atoms with van der Waals surface area (Å²) in [6.45, 7) is 1.94. The number of nitrogen functional groups attached to an aromatic ring is 1. The molecule has 0 unspecified atom stereocenters. The normalized spacial score (nSPS) is 10.3. The third-order valence-electron chi connectivity index (χ3n) is 2.55. The van der Waals surface area contributed by atoms with E-state index in [1.165, 1.54) is 0 Å². The van der Waals surface area contributed by atoms with Crippen molar-refractivity contribution in [1.29, 1.82) is 5.41 Å². The number of benzene rings is 2. The Kier molecular flexibility index (Phi) is 3.98. The van der Waals surface area contributed by atoms with Crippen LogP contribution in [0.3, 0.4) is 0 Å². The van der Waals surface area contributed by atoms with E-state index in [2.05, 4.69) is 0 Å². The molecule has 0 saturated heterocycles. The Hall–Kier alpha value is -1.71. The molecule has 0 aliphatic carbocycles. The smallest absolute Gasteiger partial charge is 0.138 e. The van der Waals surface area contributed by atoms with E-state index in [0.717, 1.165) is 5.56 Å². The van der Waals surface area contributed by atoms with E-state index in [1.807, 2.05) is 19.1 Å². The molecule has 3 N–H and O–H groups in total. The highest BCUT2D eigenvalue weighted by Gasteiger charge is 2.09. The molecule has 2 aromatic rings. The molecule has 2 aromatic carbocycles. The molecule has 0 aliphatic heterocycles. The van der Waals surface area contributed by atoms with Crippen LogP contribution in [0.5, 0.6) is 11.5 Å². The van der Waals surface area contributed by atoms with Gasteiger partial charge in [-0.25, -0.2) is 0 Å². The monoisotopic (exact) mass is 294 g/mol. The van der Waals surface area contributed by atoms with Gasteiger partial charge in [0, 0.05) is 6.07 Å². The summed E-state index contributed by atoms with van der Waals surface area (Å²) < 4.78 is 5.72. The van der Waals surface area contributed by atoms with Crippen molar-refractivity contribution in [3.05, 3.63) is 57.6 Å². The van der Waals surface area contributed by atoms with E-state index < -0.39 is 0 Å². The highest BCUT2D eigenvalue weighted by atomic mass is 35.5. The lowest BCUT2D eigenvalue weighted by Gasteiger charge is -2.11. The van der Waals surface area contributed by atoms with Gasteiger partial charge in [-0.2, -0.15) is 0 Å². The lowest BCUT2D eigenvalue weighted by Crippen LogP contribution is -2.12. The van der Waals surface area contributed by atoms with E-state index >= 15 is 0 Å². The summed E-state index contributed by atoms with van der Waals surface area (Å²) in [5.74, 6) is 1.02. The summed E-state index contributed by atoms with van der Waals surface area (Å²) in [6, 6.07) is 10.4. The Bertz CT molecular complexity index is 641. The third kappa shape index (κ3) is 3.19. The van der Waals surface area contributed by atoms with Crippen molar-refractivity contribution in [2.24, 2.45) is 5.73 Å². The first-order chi connectivity index (χ1) is 8.97. The average Bonchev–Trinajstić information content (AvgIpc) is 2.33. The topological polar surface area (TPSA) is 59.1 Å². The molecule has 19 heavy (non-hydrogen) atoms. The van der Waals surface area contributed by atoms with Crippen molar-refractivity contribution in [2.75, 3.05) is 0 Å². The number of aryl methyl sites for hydroxylation is 1. The summed E-state index contributed by atoms with van der Waals surface area (Å²) in [4.78, 5) is 0. The van der Waals surface area contributed by atoms with Gasteiger partial charge in [0.1, 0.15) is 17.3 Å². The van der Waals surface area contributed by atoms with Gasteiger partial charge in [-0.3, -0.25) is 5.41 Å². The number of halogens is 2. The van der Waals surface area contributed by atoms with Gasteiger partial charge in [0.2, 0.25) is 0 Å². The second kappa shape index (κ2) is 5.51. The van der Waals surface area contributed by atoms with Crippen LogP contribution in [-0.4, -0.2) is 5.84 Å². The Balaban J connectivity index is 2.39. The fraction of sp³-hybridized carbons (Fsp3) is 0.0714. The van der Waals surface area contributed by atoms with E-state index in [4.69, 9.17) is 39.1 Å². The first-order valence-electron chi connectivity index (χ1n) is 5.55. The zero-order valence-corrected chi connectivity index (χ0v) is 11.7. The summed E-state index contributed by atoms with van der Waals surface area (Å²) in [5.41, 5.74) is 7.08. The standard InChI is InChI=1S/C14H12Cl2N2O/c1-8-2-4-10(14(17)18)13(6-8)19-9-3-5-11(15)12(16)7-9/h2-7H,1H3,(H3,17,18). The number of nitrogens with two attached hydrogens (primary N) is 1. The van der Waals surface area contributed by atoms with Crippen LogP contribution in [0, 0.1) is 12.3 Å². The number of hydrogen-bond acceptors (Lipinski definition) is 2. The maximum absolute atomic E-state index is 7.54. The van der Waals surface area contributed by atoms with Gasteiger partial charge in [0.15, 0.2) is 0 Å². The summed E-state index contributed by atoms with van der Waals surface area (Å²) in [7, 11) is 0. The molecular formula is C14H12Cl2N2O. The number of ether oxygens (including phenoxy) is 1. The van der Waals surface area contributed by atoms with Gasteiger partial charge in [-0.15, -0.1) is 0 Å². The molecule has 0 radical (unpaired) electrons. The third-order valence-corrected chi connectivity index (χ3v) is 3.29. The summed E-state index contributed by atoms with van der Waals surface area (Å²) >= 11 is 11.8. The minimum absolute atomic E-state index is 0.0462. The summed E-state index contributed by atoms with van der Waals surface area (Å²) in [5, 5.41) is 8.42. The van der Waals surface area contributed by atoms with Crippen molar-refractivity contribution in [3.63, 3.8) is 0 Å². The van der Waals surface area contributed by atoms with E-state index in [1.54, 1.807) is 24.3 Å². The Morgan fingerprint density at radius 2 is 1.84 bits per heavy atom. The second-order valence-electron chi connectivity index (χ2n) is 4.09. The number of rotatable bonds is 3. The van der Waals surface area contributed by atoms with Crippen LogP contribution in [-0.2, 0) is 0 Å². The van der Waals surface area contributed by atoms with Crippen LogP contribution >= 0.6 is 23.2 Å². The van der Waals surface area contributed by atoms with Crippen molar-refractivity contribution in [3.8, 4) is 11.5 Å². The van der Waals surface area contributed by atoms with E-state index in [-0.39, 0.29) is 5.84 Å². The molecule has 3 nitrogen and oxygen atoms in total. The van der Waals surface area contributed by atoms with E-state index in [9.17, 15) is 0 Å². The molecule has 0 aliphatic rings. The van der Waals surface area contributed by atoms with E-state index in [0.29, 0.717) is 27.1 Å². The molecule has 98 valence electrons. The number of nitrogens with one attached hydrogen (secondary N) is 1. The maximum atomic E-state index is 7.54. The minimum atomic E-state index is -0.0462. The molecule has 2 rings (SSSR count). The lowest BCUT2D eigenvalue weighted by atomic mass is 10.1. The van der Waals surface area contributed by atoms with Crippen LogP contribution in [0.25, 0.3) is 0 Å². The van der Waals surface area contributed by atoms with Crippen LogP contribution in [0.2, 0.25) is 10.0 Å². The molecule has 0 fully saturated rings. The molecule has 0 saturated carbocycles. The second-order valence-corrected chi connectivity index (χ2v) is 4.91. The van der Waals surface area contributed by atoms with Crippen LogP contribution < -0.4 is 10.5 Å². The molecule has 0 atom stereocenters. The molecule has 0 bridgehead atoms. The Labute approximate surface area is 121 Å². The SMILES string of the molecule is Cc1ccc(C(=N)N)c(Oc2ccc(Cl)c(Cl)c2)c1. The van der Waals surface area contributed by atoms with Crippen LogP contribution in [0.4, 0.5) is 0 Å². The first-order valence-corrected chi connectivity index (χ1v) is 6.31. The predicted octanol–water partition coefficient (Wildman–Crippen LogP) is 4.38. The fourth-order valence-electron chi connectivity index (χ4n) is 1.60. The van der Waals surface area contributed by atoms with Crippen LogP contribution in [0.1, 0.15) is 11.1 Å². The van der Waals surface area contributed by atoms with Gasteiger partial charge in [-0.05, 0) is 36.8 Å². The van der Waals surface area contributed by atoms with Gasteiger partial charge in [-0.1, -0.05) is 29.3 Å². The average molecular weight is 295 g/mol. The molecule has 5 heteroatoms. The minimum Gasteiger partial charge on any atom is -0.457 e. The first kappa shape index (κ1) is 13.7. The fourth-order valence-corrected chi connectivity index (χ4v) is 1.89. The molecular weight excluding hydrogens is 283 g/mol. The molecule has 0 aromatic heterocycles. The predicted molar refractivity (Wildman–Crippen MR) is 78.7 cm³/mol. The van der Waals surface area contributed by atoms with Gasteiger partial charge in [0.25, 0.3) is 0 Å². The van der Waals surface area contributed by atoms with Crippen molar-refractivity contribution in [1.82, 2.24) is 0 Å². The largest absolute Gasteiger partial charge is 0.457 e. The molecule has 0 spiro atoms. The zero-order valence-electron chi connectivity index (χ0n) is 10.2. The van der Waals surface area contributed by atoms with Crippen LogP contribution in [0.15, 0.2) is 36.4 Å². The molecule has 0 amide bonds. The van der Waals surface area contributed by atoms with Crippen molar-refractivity contribution >= 4 is 29.0 Å². The summed E-state index contributed by atoms with van der Waals surface area (Å²) in [6.07, 6.45) is 0. The Morgan fingerprint density at radius 1 is 1.11 bits per heavy atom. The maximum Gasteiger partial charge on any atom is 0.138 e. The zero-order chi connectivity index (χ0) is 14.0. The highest BCUT2D eigenvalue weighted by molar-refractivity contribution is 6.42. The quantitative estimate of drug-likeness (QED) is 0.652. The molecule has 0 heterocycles. The van der Waals surface area contributed by atoms with Gasteiger partial charge < -0.3 is 10.5 Å². The number of amidine groups is 1. The van der Waals surface area contributed by atoms with Crippen molar-refractivity contribution < 1.29 is 4.74 Å². The highest BCUT2D eigenvalue weighted by Crippen LogP contribution is 2.31. The van der Waals surface area contributed by atoms with Gasteiger partial charge >= 0.3 is 0 Å². The van der Waals surface area contributed by atoms with Gasteiger partial charge in [0.05, 0.1) is 15.6 Å². The Morgan fingerprint density at radius 3 is 2.47 bits per heavy atom. The number of hydrogen-bond donors (Lipinski definition) is 2. The lowest BCUT2D eigenvalue weighted by molar-refractivity contribution is 0.481. The van der Waals surface area contributed by atoms with Crippen molar-refractivity contribution in [2.45, 2.75) is 6.92 Å².